The van der Waals surface area contributed by atoms with E-state index in [0.29, 0.717) is 18.7 Å². The summed E-state index contributed by atoms with van der Waals surface area (Å²) in [5.74, 6) is -0.0553. The molecule has 3 fully saturated rings. The van der Waals surface area contributed by atoms with Crippen LogP contribution in [0.25, 0.3) is 0 Å². The summed E-state index contributed by atoms with van der Waals surface area (Å²) in [6.45, 7) is 8.60. The summed E-state index contributed by atoms with van der Waals surface area (Å²) in [4.78, 5) is 18.8. The Balaban J connectivity index is 1.88. The molecule has 2 bridgehead atoms. The molecule has 5 atom stereocenters. The number of fused-ring (bicyclic) bond motifs is 3. The Morgan fingerprint density at radius 2 is 2.00 bits per heavy atom. The highest BCUT2D eigenvalue weighted by Gasteiger charge is 2.44. The molecular weight excluding hydrogens is 230 g/mol. The molecule has 0 saturated carbocycles. The number of hydrogen-bond acceptors (Lipinski definition) is 5. The molecular formula is C13H25N3O2. The second-order valence-electron chi connectivity index (χ2n) is 5.70. The molecule has 0 aromatic carbocycles. The van der Waals surface area contributed by atoms with Crippen molar-refractivity contribution in [2.75, 3.05) is 46.9 Å². The molecule has 0 N–H and O–H groups in total. The van der Waals surface area contributed by atoms with Crippen molar-refractivity contribution in [3.05, 3.63) is 0 Å². The Labute approximate surface area is 110 Å². The molecule has 104 valence electrons. The van der Waals surface area contributed by atoms with Crippen molar-refractivity contribution in [2.24, 2.45) is 0 Å². The van der Waals surface area contributed by atoms with Crippen LogP contribution in [0.2, 0.25) is 0 Å². The Morgan fingerprint density at radius 1 is 1.28 bits per heavy atom. The zero-order valence-corrected chi connectivity index (χ0v) is 11.9. The maximum absolute atomic E-state index is 12.1. The molecule has 0 spiro atoms. The highest BCUT2D eigenvalue weighted by atomic mass is 16.5. The van der Waals surface area contributed by atoms with Crippen LogP contribution in [-0.4, -0.2) is 85.7 Å². The topological polar surface area (TPSA) is 36.0 Å². The Morgan fingerprint density at radius 3 is 2.61 bits per heavy atom. The molecule has 3 rings (SSSR count). The van der Waals surface area contributed by atoms with Gasteiger partial charge in [0.25, 0.3) is 0 Å². The summed E-state index contributed by atoms with van der Waals surface area (Å²) >= 11 is 0. The van der Waals surface area contributed by atoms with E-state index >= 15 is 0 Å². The molecule has 3 aliphatic rings. The van der Waals surface area contributed by atoms with Crippen molar-refractivity contribution in [2.45, 2.75) is 32.0 Å². The lowest BCUT2D eigenvalue weighted by molar-refractivity contribution is -0.161. The van der Waals surface area contributed by atoms with Gasteiger partial charge in [0.2, 0.25) is 0 Å². The number of nitrogens with zero attached hydrogens (tertiary/aromatic N) is 3. The van der Waals surface area contributed by atoms with Crippen molar-refractivity contribution in [1.29, 1.82) is 0 Å². The number of piperazine rings is 3. The second-order valence-corrected chi connectivity index (χ2v) is 5.70. The lowest BCUT2D eigenvalue weighted by Crippen LogP contribution is -2.70. The monoisotopic (exact) mass is 255 g/mol. The van der Waals surface area contributed by atoms with Crippen molar-refractivity contribution >= 4 is 5.97 Å². The van der Waals surface area contributed by atoms with Crippen molar-refractivity contribution < 1.29 is 9.53 Å². The van der Waals surface area contributed by atoms with Crippen LogP contribution in [0.3, 0.4) is 0 Å². The van der Waals surface area contributed by atoms with Gasteiger partial charge in [-0.25, -0.2) is 0 Å². The zero-order valence-electron chi connectivity index (χ0n) is 11.9. The van der Waals surface area contributed by atoms with Crippen LogP contribution in [0.1, 0.15) is 13.8 Å². The van der Waals surface area contributed by atoms with E-state index < -0.39 is 0 Å². The Bertz CT molecular complexity index is 307. The summed E-state index contributed by atoms with van der Waals surface area (Å²) in [7, 11) is 3.96. The molecule has 3 heterocycles. The smallest absolute Gasteiger partial charge is 0.324 e. The van der Waals surface area contributed by atoms with Crippen LogP contribution in [-0.2, 0) is 9.53 Å². The van der Waals surface area contributed by atoms with E-state index in [9.17, 15) is 4.79 Å². The van der Waals surface area contributed by atoms with Gasteiger partial charge in [0.05, 0.1) is 0 Å². The first-order valence-electron chi connectivity index (χ1n) is 6.82. The van der Waals surface area contributed by atoms with Gasteiger partial charge in [0.15, 0.2) is 0 Å². The number of hydrogen-bond donors (Lipinski definition) is 0. The molecule has 3 saturated heterocycles. The minimum absolute atomic E-state index is 0.0553. The molecule has 0 aromatic rings. The first-order valence-corrected chi connectivity index (χ1v) is 6.82. The third-order valence-corrected chi connectivity index (χ3v) is 4.31. The average Bonchev–Trinajstić information content (AvgIpc) is 2.34. The summed E-state index contributed by atoms with van der Waals surface area (Å²) in [6.07, 6.45) is 0. The van der Waals surface area contributed by atoms with Crippen molar-refractivity contribution in [3.8, 4) is 0 Å². The van der Waals surface area contributed by atoms with E-state index in [4.69, 9.17) is 4.74 Å². The fourth-order valence-electron chi connectivity index (χ4n) is 2.89. The number of likely N-dealkylation sites (N-methyl/N-ethyl adjacent to an activating group) is 1. The SMILES string of the molecule is CC1C(C)N2CCN1CC2C(=O)OCCN(C)C. The fourth-order valence-corrected chi connectivity index (χ4v) is 2.89. The molecule has 5 nitrogen and oxygen atoms in total. The Hall–Kier alpha value is -0.650. The van der Waals surface area contributed by atoms with Crippen LogP contribution in [0.15, 0.2) is 0 Å². The summed E-state index contributed by atoms with van der Waals surface area (Å²) in [5, 5.41) is 0. The van der Waals surface area contributed by atoms with E-state index in [-0.39, 0.29) is 12.0 Å². The lowest BCUT2D eigenvalue weighted by Gasteiger charge is -2.54. The van der Waals surface area contributed by atoms with Crippen molar-refractivity contribution in [3.63, 3.8) is 0 Å². The maximum Gasteiger partial charge on any atom is 0.324 e. The predicted molar refractivity (Wildman–Crippen MR) is 70.5 cm³/mol. The molecule has 5 unspecified atom stereocenters. The van der Waals surface area contributed by atoms with Gasteiger partial charge in [-0.2, -0.15) is 0 Å². The molecule has 18 heavy (non-hydrogen) atoms. The van der Waals surface area contributed by atoms with Gasteiger partial charge in [-0.1, -0.05) is 0 Å². The molecule has 0 radical (unpaired) electrons. The minimum Gasteiger partial charge on any atom is -0.463 e. The van der Waals surface area contributed by atoms with Gasteiger partial charge in [-0.3, -0.25) is 14.6 Å². The number of carbonyl (C=O) groups is 1. The summed E-state index contributed by atoms with van der Waals surface area (Å²) in [5.41, 5.74) is 0. The molecule has 0 amide bonds. The molecule has 0 aromatic heterocycles. The highest BCUT2D eigenvalue weighted by molar-refractivity contribution is 5.76. The van der Waals surface area contributed by atoms with Crippen molar-refractivity contribution in [1.82, 2.24) is 14.7 Å². The second kappa shape index (κ2) is 5.55. The summed E-state index contributed by atoms with van der Waals surface area (Å²) in [6, 6.07) is 0.926. The zero-order chi connectivity index (χ0) is 13.3. The van der Waals surface area contributed by atoms with Gasteiger partial charge < -0.3 is 9.64 Å². The van der Waals surface area contributed by atoms with Crippen LogP contribution < -0.4 is 0 Å². The van der Waals surface area contributed by atoms with Gasteiger partial charge >= 0.3 is 5.97 Å². The van der Waals surface area contributed by atoms with Crippen LogP contribution in [0, 0.1) is 0 Å². The quantitative estimate of drug-likeness (QED) is 0.654. The fraction of sp³-hybridized carbons (Fsp3) is 0.923. The molecule has 3 aliphatic heterocycles. The number of carbonyl (C=O) groups excluding carboxylic acids is 1. The van der Waals surface area contributed by atoms with Gasteiger partial charge in [-0.15, -0.1) is 0 Å². The van der Waals surface area contributed by atoms with Crippen LogP contribution >= 0.6 is 0 Å². The summed E-state index contributed by atoms with van der Waals surface area (Å²) < 4.78 is 5.38. The largest absolute Gasteiger partial charge is 0.463 e. The highest BCUT2D eigenvalue weighted by Crippen LogP contribution is 2.26. The van der Waals surface area contributed by atoms with E-state index in [0.717, 1.165) is 26.2 Å². The van der Waals surface area contributed by atoms with E-state index in [2.05, 4.69) is 23.6 Å². The minimum atomic E-state index is -0.0629. The third kappa shape index (κ3) is 2.68. The molecule has 0 aliphatic carbocycles. The standard InChI is InChI=1S/C13H25N3O2/c1-10-11(2)16-6-5-15(10)9-12(16)13(17)18-8-7-14(3)4/h10-12H,5-9H2,1-4H3. The third-order valence-electron chi connectivity index (χ3n) is 4.31. The first-order chi connectivity index (χ1) is 8.50. The normalized spacial score (nSPS) is 39.1. The lowest BCUT2D eigenvalue weighted by atomic mass is 9.96. The van der Waals surface area contributed by atoms with E-state index in [1.165, 1.54) is 0 Å². The predicted octanol–water partition coefficient (Wildman–Crippen LogP) is -0.132. The number of esters is 1. The number of rotatable bonds is 4. The number of ether oxygens (including phenoxy) is 1. The first kappa shape index (κ1) is 13.8. The maximum atomic E-state index is 12.1. The van der Waals surface area contributed by atoms with Crippen LogP contribution in [0.4, 0.5) is 0 Å². The average molecular weight is 255 g/mol. The van der Waals surface area contributed by atoms with Gasteiger partial charge in [0, 0.05) is 38.3 Å². The molecule has 5 heteroatoms. The Kier molecular flexibility index (Phi) is 4.25. The van der Waals surface area contributed by atoms with E-state index in [1.54, 1.807) is 0 Å². The van der Waals surface area contributed by atoms with E-state index in [1.807, 2.05) is 19.0 Å². The van der Waals surface area contributed by atoms with Crippen LogP contribution in [0.5, 0.6) is 0 Å². The van der Waals surface area contributed by atoms with Gasteiger partial charge in [-0.05, 0) is 27.9 Å². The van der Waals surface area contributed by atoms with Gasteiger partial charge in [0.1, 0.15) is 12.6 Å².